The van der Waals surface area contributed by atoms with Gasteiger partial charge in [0.05, 0.1) is 25.0 Å². The van der Waals surface area contributed by atoms with Crippen molar-refractivity contribution in [1.29, 1.82) is 0 Å². The van der Waals surface area contributed by atoms with Crippen LogP contribution >= 0.6 is 0 Å². The van der Waals surface area contributed by atoms with Crippen molar-refractivity contribution < 1.29 is 26.5 Å². The Morgan fingerprint density at radius 1 is 1.15 bits per heavy atom. The summed E-state index contributed by atoms with van der Waals surface area (Å²) < 4.78 is 57.3. The van der Waals surface area contributed by atoms with Crippen molar-refractivity contribution in [2.75, 3.05) is 23.9 Å². The molecule has 3 aromatic heterocycles. The summed E-state index contributed by atoms with van der Waals surface area (Å²) in [6.07, 6.45) is 3.20. The highest BCUT2D eigenvalue weighted by molar-refractivity contribution is 7.91. The molecular formula is C21H18F2N6O4S. The molecule has 4 rings (SSSR count). The molecule has 0 spiro atoms. The predicted molar refractivity (Wildman–Crippen MR) is 117 cm³/mol. The summed E-state index contributed by atoms with van der Waals surface area (Å²) in [5.74, 6) is -2.84. The fraction of sp³-hybridized carbons (Fsp3) is 0.190. The zero-order valence-corrected chi connectivity index (χ0v) is 18.6. The molecule has 13 heteroatoms. The Morgan fingerprint density at radius 2 is 1.94 bits per heavy atom. The van der Waals surface area contributed by atoms with Gasteiger partial charge in [0, 0.05) is 17.9 Å². The second-order valence-electron chi connectivity index (χ2n) is 7.40. The van der Waals surface area contributed by atoms with E-state index >= 15 is 0 Å². The number of hydrogen-bond acceptors (Lipinski definition) is 9. The zero-order chi connectivity index (χ0) is 24.3. The zero-order valence-electron chi connectivity index (χ0n) is 17.8. The fourth-order valence-corrected chi connectivity index (χ4v) is 3.81. The largest absolute Gasteiger partial charge is 0.364 e. The van der Waals surface area contributed by atoms with E-state index in [2.05, 4.69) is 25.5 Å². The van der Waals surface area contributed by atoms with Crippen molar-refractivity contribution in [3.8, 4) is 22.9 Å². The normalized spacial score (nSPS) is 11.5. The third-order valence-electron chi connectivity index (χ3n) is 4.61. The maximum absolute atomic E-state index is 14.2. The predicted octanol–water partition coefficient (Wildman–Crippen LogP) is 2.35. The lowest BCUT2D eigenvalue weighted by atomic mass is 10.2. The number of hydrogen-bond donors (Lipinski definition) is 1. The number of nitrogens with one attached hydrogen (secondary N) is 1. The topological polar surface area (TPSA) is 133 Å². The summed E-state index contributed by atoms with van der Waals surface area (Å²) in [6, 6.07) is 9.42. The third kappa shape index (κ3) is 5.49. The number of benzene rings is 1. The molecule has 0 unspecified atom stereocenters. The minimum Gasteiger partial charge on any atom is -0.364 e. The molecule has 3 heterocycles. The monoisotopic (exact) mass is 488 g/mol. The van der Waals surface area contributed by atoms with Crippen molar-refractivity contribution in [1.82, 2.24) is 24.9 Å². The van der Waals surface area contributed by atoms with Crippen LogP contribution in [0.15, 0.2) is 53.4 Å². The second-order valence-corrected chi connectivity index (χ2v) is 9.54. The lowest BCUT2D eigenvalue weighted by Crippen LogP contribution is -2.23. The van der Waals surface area contributed by atoms with Gasteiger partial charge in [-0.1, -0.05) is 23.4 Å². The van der Waals surface area contributed by atoms with Crippen molar-refractivity contribution in [2.45, 2.75) is 6.54 Å². The molecule has 0 saturated carbocycles. The van der Waals surface area contributed by atoms with Crippen LogP contribution in [0.25, 0.3) is 22.9 Å². The molecule has 4 aromatic rings. The van der Waals surface area contributed by atoms with E-state index in [-0.39, 0.29) is 23.9 Å². The Bertz CT molecular complexity index is 1440. The van der Waals surface area contributed by atoms with E-state index in [0.717, 1.165) is 12.5 Å². The first kappa shape index (κ1) is 23.2. The van der Waals surface area contributed by atoms with Crippen LogP contribution in [-0.2, 0) is 21.2 Å². The van der Waals surface area contributed by atoms with Gasteiger partial charge in [-0.05, 0) is 12.1 Å². The van der Waals surface area contributed by atoms with E-state index in [1.165, 1.54) is 17.0 Å². The third-order valence-corrected chi connectivity index (χ3v) is 5.45. The first-order valence-corrected chi connectivity index (χ1v) is 11.9. The van der Waals surface area contributed by atoms with Gasteiger partial charge in [0.15, 0.2) is 33.1 Å². The van der Waals surface area contributed by atoms with Gasteiger partial charge in [0.2, 0.25) is 0 Å². The molecule has 0 atom stereocenters. The Kier molecular flexibility index (Phi) is 6.45. The lowest BCUT2D eigenvalue weighted by molar-refractivity contribution is -0.115. The number of ketones is 1. The van der Waals surface area contributed by atoms with E-state index in [9.17, 15) is 22.0 Å². The SMILES string of the molecule is CS(=O)(=O)CC(=O)CNc1nc(-c2cc(-c3ccon3)n(Cc3ccccc3F)n2)ncc1F. The summed E-state index contributed by atoms with van der Waals surface area (Å²) in [7, 11) is -3.51. The van der Waals surface area contributed by atoms with Crippen LogP contribution in [0.1, 0.15) is 5.56 Å². The summed E-state index contributed by atoms with van der Waals surface area (Å²) in [5.41, 5.74) is 1.54. The molecule has 0 amide bonds. The average Bonchev–Trinajstić information content (AvgIpc) is 3.43. The highest BCUT2D eigenvalue weighted by Gasteiger charge is 2.19. The van der Waals surface area contributed by atoms with E-state index in [0.29, 0.717) is 17.0 Å². The Hall–Kier alpha value is -4.00. The maximum Gasteiger partial charge on any atom is 0.183 e. The van der Waals surface area contributed by atoms with Gasteiger partial charge in [0.25, 0.3) is 0 Å². The lowest BCUT2D eigenvalue weighted by Gasteiger charge is -2.07. The van der Waals surface area contributed by atoms with Crippen molar-refractivity contribution in [3.05, 3.63) is 66.1 Å². The van der Waals surface area contributed by atoms with Crippen molar-refractivity contribution in [2.24, 2.45) is 0 Å². The molecule has 0 aliphatic rings. The van der Waals surface area contributed by atoms with Crippen LogP contribution in [0.3, 0.4) is 0 Å². The number of anilines is 1. The summed E-state index contributed by atoms with van der Waals surface area (Å²) in [6.45, 7) is -0.368. The number of Topliss-reactive ketones (excluding diaryl/α,β-unsaturated/α-hetero) is 1. The average molecular weight is 488 g/mol. The van der Waals surface area contributed by atoms with Crippen LogP contribution in [0, 0.1) is 11.6 Å². The number of carbonyl (C=O) groups is 1. The van der Waals surface area contributed by atoms with Gasteiger partial charge >= 0.3 is 0 Å². The highest BCUT2D eigenvalue weighted by atomic mass is 32.2. The standard InChI is InChI=1S/C21H18F2N6O4S/c1-34(31,32)12-14(30)9-24-20-16(23)10-25-21(26-20)18-8-19(17-6-7-33-28-17)29(27-18)11-13-4-2-3-5-15(13)22/h2-8,10H,9,11-12H2,1H3,(H,24,25,26). The number of carbonyl (C=O) groups excluding carboxylic acids is 1. The molecule has 34 heavy (non-hydrogen) atoms. The van der Waals surface area contributed by atoms with Crippen molar-refractivity contribution >= 4 is 21.4 Å². The first-order valence-electron chi connectivity index (χ1n) is 9.88. The van der Waals surface area contributed by atoms with Crippen molar-refractivity contribution in [3.63, 3.8) is 0 Å². The van der Waals surface area contributed by atoms with E-state index < -0.39 is 39.6 Å². The smallest absolute Gasteiger partial charge is 0.183 e. The minimum atomic E-state index is -3.51. The molecule has 0 aliphatic heterocycles. The van der Waals surface area contributed by atoms with Gasteiger partial charge in [-0.15, -0.1) is 0 Å². The molecule has 0 fully saturated rings. The molecular weight excluding hydrogens is 470 g/mol. The van der Waals surface area contributed by atoms with Crippen LogP contribution < -0.4 is 5.32 Å². The van der Waals surface area contributed by atoms with E-state index in [4.69, 9.17) is 4.52 Å². The van der Waals surface area contributed by atoms with E-state index in [1.54, 1.807) is 30.3 Å². The summed E-state index contributed by atoms with van der Waals surface area (Å²) in [5, 5.41) is 10.8. The van der Waals surface area contributed by atoms with Crippen LogP contribution in [0.5, 0.6) is 0 Å². The minimum absolute atomic E-state index is 0.0245. The molecule has 1 aromatic carbocycles. The second kappa shape index (κ2) is 9.47. The Balaban J connectivity index is 1.64. The van der Waals surface area contributed by atoms with Crippen LogP contribution in [0.4, 0.5) is 14.6 Å². The summed E-state index contributed by atoms with van der Waals surface area (Å²) in [4.78, 5) is 19.8. The number of aromatic nitrogens is 5. The molecule has 176 valence electrons. The van der Waals surface area contributed by atoms with Gasteiger partial charge < -0.3 is 9.84 Å². The molecule has 1 N–H and O–H groups in total. The van der Waals surface area contributed by atoms with Gasteiger partial charge in [-0.25, -0.2) is 27.2 Å². The molecule has 10 nitrogen and oxygen atoms in total. The molecule has 0 saturated heterocycles. The molecule has 0 aliphatic carbocycles. The Labute approximate surface area is 192 Å². The highest BCUT2D eigenvalue weighted by Crippen LogP contribution is 2.25. The Morgan fingerprint density at radius 3 is 2.65 bits per heavy atom. The molecule has 0 bridgehead atoms. The quantitative estimate of drug-likeness (QED) is 0.377. The first-order chi connectivity index (χ1) is 16.2. The van der Waals surface area contributed by atoms with Gasteiger partial charge in [-0.2, -0.15) is 5.10 Å². The number of sulfone groups is 1. The summed E-state index contributed by atoms with van der Waals surface area (Å²) >= 11 is 0. The maximum atomic E-state index is 14.2. The fourth-order valence-electron chi connectivity index (χ4n) is 3.13. The van der Waals surface area contributed by atoms with Gasteiger partial charge in [0.1, 0.15) is 29.2 Å². The number of rotatable bonds is 9. The van der Waals surface area contributed by atoms with E-state index in [1.807, 2.05) is 0 Å². The van der Waals surface area contributed by atoms with Gasteiger partial charge in [-0.3, -0.25) is 9.48 Å². The van der Waals surface area contributed by atoms with Crippen LogP contribution in [0.2, 0.25) is 0 Å². The molecule has 0 radical (unpaired) electrons. The van der Waals surface area contributed by atoms with Crippen LogP contribution in [-0.4, -0.2) is 57.7 Å². The number of nitrogens with zero attached hydrogens (tertiary/aromatic N) is 5. The number of halogens is 2.